The lowest BCUT2D eigenvalue weighted by molar-refractivity contribution is -0.126. The van der Waals surface area contributed by atoms with E-state index >= 15 is 0 Å². The van der Waals surface area contributed by atoms with Gasteiger partial charge in [0.05, 0.1) is 10.7 Å². The summed E-state index contributed by atoms with van der Waals surface area (Å²) < 4.78 is 5.42. The van der Waals surface area contributed by atoms with Crippen molar-refractivity contribution in [3.63, 3.8) is 0 Å². The number of rotatable bonds is 2. The Balaban J connectivity index is 2.14. The minimum absolute atomic E-state index is 0.121. The van der Waals surface area contributed by atoms with Crippen LogP contribution in [-0.2, 0) is 9.53 Å². The molecule has 0 radical (unpaired) electrons. The van der Waals surface area contributed by atoms with Crippen LogP contribution >= 0.6 is 11.6 Å². The van der Waals surface area contributed by atoms with Gasteiger partial charge in [-0.1, -0.05) is 18.5 Å². The quantitative estimate of drug-likeness (QED) is 0.811. The summed E-state index contributed by atoms with van der Waals surface area (Å²) in [6, 6.07) is 3.42. The number of hydrogen-bond donors (Lipinski definition) is 2. The van der Waals surface area contributed by atoms with E-state index in [-0.39, 0.29) is 17.9 Å². The number of benzene rings is 1. The van der Waals surface area contributed by atoms with E-state index in [0.29, 0.717) is 23.0 Å². The molecule has 1 aliphatic heterocycles. The Labute approximate surface area is 111 Å². The highest BCUT2D eigenvalue weighted by Gasteiger charge is 2.31. The van der Waals surface area contributed by atoms with Gasteiger partial charge in [0.15, 0.2) is 0 Å². The lowest BCUT2D eigenvalue weighted by Crippen LogP contribution is -2.31. The van der Waals surface area contributed by atoms with E-state index in [1.54, 1.807) is 12.1 Å². The van der Waals surface area contributed by atoms with Crippen molar-refractivity contribution in [2.45, 2.75) is 26.4 Å². The Hall–Kier alpha value is -1.26. The van der Waals surface area contributed by atoms with Gasteiger partial charge in [-0.15, -0.1) is 0 Å². The maximum atomic E-state index is 12.1. The van der Waals surface area contributed by atoms with Gasteiger partial charge < -0.3 is 15.8 Å². The number of aryl methyl sites for hydroxylation is 1. The van der Waals surface area contributed by atoms with Crippen LogP contribution in [0.3, 0.4) is 0 Å². The van der Waals surface area contributed by atoms with Crippen molar-refractivity contribution in [2.24, 2.45) is 5.92 Å². The molecule has 0 aliphatic carbocycles. The number of ether oxygens (including phenoxy) is 1. The molecule has 0 spiro atoms. The van der Waals surface area contributed by atoms with Crippen LogP contribution < -0.4 is 11.1 Å². The molecule has 4 nitrogen and oxygen atoms in total. The minimum atomic E-state index is -0.374. The van der Waals surface area contributed by atoms with Gasteiger partial charge in [0.25, 0.3) is 5.91 Å². The fourth-order valence-corrected chi connectivity index (χ4v) is 2.24. The zero-order valence-corrected chi connectivity index (χ0v) is 11.3. The number of amides is 1. The number of nitrogens with two attached hydrogens (primary N) is 1. The first kappa shape index (κ1) is 13.2. The molecule has 2 unspecified atom stereocenters. The molecule has 0 bridgehead atoms. The molecule has 1 fully saturated rings. The molecule has 2 atom stereocenters. The van der Waals surface area contributed by atoms with Crippen molar-refractivity contribution in [2.75, 3.05) is 17.7 Å². The van der Waals surface area contributed by atoms with Gasteiger partial charge in [-0.2, -0.15) is 0 Å². The van der Waals surface area contributed by atoms with Crippen LogP contribution in [0.25, 0.3) is 0 Å². The van der Waals surface area contributed by atoms with Crippen molar-refractivity contribution >= 4 is 28.9 Å². The summed E-state index contributed by atoms with van der Waals surface area (Å²) in [5.41, 5.74) is 7.77. The van der Waals surface area contributed by atoms with Gasteiger partial charge in [-0.05, 0) is 37.0 Å². The number of halogens is 1. The molecule has 0 saturated carbocycles. The molecule has 18 heavy (non-hydrogen) atoms. The fraction of sp³-hybridized carbons (Fsp3) is 0.462. The summed E-state index contributed by atoms with van der Waals surface area (Å²) in [5.74, 6) is 0.124. The van der Waals surface area contributed by atoms with Crippen molar-refractivity contribution in [1.82, 2.24) is 0 Å². The average Bonchev–Trinajstić information content (AvgIpc) is 2.72. The van der Waals surface area contributed by atoms with Gasteiger partial charge in [0.2, 0.25) is 0 Å². The van der Waals surface area contributed by atoms with Crippen molar-refractivity contribution < 1.29 is 9.53 Å². The van der Waals surface area contributed by atoms with E-state index in [4.69, 9.17) is 22.1 Å². The Bertz CT molecular complexity index is 476. The standard InChI is InChI=1S/C13H17ClN2O2/c1-7-3-4-18-12(7)13(17)16-11-6-9(14)10(15)5-8(11)2/h5-7,12H,3-4,15H2,1-2H3,(H,16,17). The lowest BCUT2D eigenvalue weighted by atomic mass is 10.0. The molecule has 1 amide bonds. The zero-order chi connectivity index (χ0) is 13.3. The molecular formula is C13H17ClN2O2. The zero-order valence-electron chi connectivity index (χ0n) is 10.5. The highest BCUT2D eigenvalue weighted by atomic mass is 35.5. The number of nitrogens with one attached hydrogen (secondary N) is 1. The van der Waals surface area contributed by atoms with Gasteiger partial charge in [-0.25, -0.2) is 0 Å². The highest BCUT2D eigenvalue weighted by molar-refractivity contribution is 6.33. The third kappa shape index (κ3) is 2.60. The summed E-state index contributed by atoms with van der Waals surface area (Å²) in [6.45, 7) is 4.53. The predicted molar refractivity (Wildman–Crippen MR) is 72.8 cm³/mol. The van der Waals surface area contributed by atoms with Crippen LogP contribution in [0.2, 0.25) is 5.02 Å². The number of hydrogen-bond acceptors (Lipinski definition) is 3. The Morgan fingerprint density at radius 2 is 2.28 bits per heavy atom. The van der Waals surface area contributed by atoms with E-state index in [1.807, 2.05) is 13.8 Å². The summed E-state index contributed by atoms with van der Waals surface area (Å²) in [7, 11) is 0. The van der Waals surface area contributed by atoms with Crippen LogP contribution in [0.4, 0.5) is 11.4 Å². The maximum Gasteiger partial charge on any atom is 0.253 e. The predicted octanol–water partition coefficient (Wildman–Crippen LogP) is 2.59. The third-order valence-electron chi connectivity index (χ3n) is 3.25. The number of carbonyl (C=O) groups excluding carboxylic acids is 1. The normalized spacial score (nSPS) is 23.1. The molecule has 1 heterocycles. The average molecular weight is 269 g/mol. The van der Waals surface area contributed by atoms with Crippen LogP contribution in [0.1, 0.15) is 18.9 Å². The number of nitrogen functional groups attached to an aromatic ring is 1. The van der Waals surface area contributed by atoms with Crippen LogP contribution in [0.15, 0.2) is 12.1 Å². The van der Waals surface area contributed by atoms with Crippen molar-refractivity contribution in [1.29, 1.82) is 0 Å². The van der Waals surface area contributed by atoms with Crippen molar-refractivity contribution in [3.05, 3.63) is 22.7 Å². The van der Waals surface area contributed by atoms with E-state index in [9.17, 15) is 4.79 Å². The topological polar surface area (TPSA) is 64.3 Å². The minimum Gasteiger partial charge on any atom is -0.398 e. The van der Waals surface area contributed by atoms with Crippen LogP contribution in [0.5, 0.6) is 0 Å². The monoisotopic (exact) mass is 268 g/mol. The number of anilines is 2. The van der Waals surface area contributed by atoms with Gasteiger partial charge in [0.1, 0.15) is 6.10 Å². The molecule has 1 aliphatic rings. The first-order valence-electron chi connectivity index (χ1n) is 5.97. The van der Waals surface area contributed by atoms with E-state index in [1.165, 1.54) is 0 Å². The maximum absolute atomic E-state index is 12.1. The SMILES string of the molecule is Cc1cc(N)c(Cl)cc1NC(=O)C1OCCC1C. The molecule has 1 aromatic rings. The highest BCUT2D eigenvalue weighted by Crippen LogP contribution is 2.28. The Morgan fingerprint density at radius 3 is 2.89 bits per heavy atom. The molecule has 98 valence electrons. The second-order valence-corrected chi connectivity index (χ2v) is 5.14. The van der Waals surface area contributed by atoms with Crippen LogP contribution in [-0.4, -0.2) is 18.6 Å². The second-order valence-electron chi connectivity index (χ2n) is 4.74. The summed E-state index contributed by atoms with van der Waals surface area (Å²) in [4.78, 5) is 12.1. The smallest absolute Gasteiger partial charge is 0.253 e. The van der Waals surface area contributed by atoms with E-state index in [0.717, 1.165) is 12.0 Å². The van der Waals surface area contributed by atoms with Gasteiger partial charge in [0, 0.05) is 12.3 Å². The molecule has 0 aromatic heterocycles. The largest absolute Gasteiger partial charge is 0.398 e. The van der Waals surface area contributed by atoms with Gasteiger partial charge in [-0.3, -0.25) is 4.79 Å². The lowest BCUT2D eigenvalue weighted by Gasteiger charge is -2.16. The van der Waals surface area contributed by atoms with E-state index < -0.39 is 0 Å². The van der Waals surface area contributed by atoms with Crippen LogP contribution in [0, 0.1) is 12.8 Å². The molecule has 1 aromatic carbocycles. The molecular weight excluding hydrogens is 252 g/mol. The fourth-order valence-electron chi connectivity index (χ4n) is 2.07. The first-order chi connectivity index (χ1) is 8.49. The summed E-state index contributed by atoms with van der Waals surface area (Å²) >= 11 is 5.95. The summed E-state index contributed by atoms with van der Waals surface area (Å²) in [5, 5.41) is 3.29. The van der Waals surface area contributed by atoms with E-state index in [2.05, 4.69) is 5.32 Å². The third-order valence-corrected chi connectivity index (χ3v) is 3.57. The van der Waals surface area contributed by atoms with Gasteiger partial charge >= 0.3 is 0 Å². The molecule has 5 heteroatoms. The van der Waals surface area contributed by atoms with Crippen molar-refractivity contribution in [3.8, 4) is 0 Å². The first-order valence-corrected chi connectivity index (χ1v) is 6.35. The molecule has 3 N–H and O–H groups in total. The molecule has 2 rings (SSSR count). The summed E-state index contributed by atoms with van der Waals surface area (Å²) in [6.07, 6.45) is 0.542. The number of carbonyl (C=O) groups is 1. The Kier molecular flexibility index (Phi) is 3.78. The second kappa shape index (κ2) is 5.16. The Morgan fingerprint density at radius 1 is 1.56 bits per heavy atom. The molecule has 1 saturated heterocycles.